The average Bonchev–Trinajstić information content (AvgIpc) is 3.23. The predicted octanol–water partition coefficient (Wildman–Crippen LogP) is 2.93. The lowest BCUT2D eigenvalue weighted by molar-refractivity contribution is -0.132. The van der Waals surface area contributed by atoms with Gasteiger partial charge >= 0.3 is 0 Å². The first-order valence-corrected chi connectivity index (χ1v) is 11.2. The maximum atomic E-state index is 12.6. The molecule has 1 aromatic heterocycles. The van der Waals surface area contributed by atoms with Crippen LogP contribution in [0.4, 0.5) is 5.69 Å². The van der Waals surface area contributed by atoms with E-state index in [4.69, 9.17) is 0 Å². The fourth-order valence-electron chi connectivity index (χ4n) is 4.03. The molecule has 0 bridgehead atoms. The predicted molar refractivity (Wildman–Crippen MR) is 135 cm³/mol. The van der Waals surface area contributed by atoms with Gasteiger partial charge in [0.15, 0.2) is 5.96 Å². The van der Waals surface area contributed by atoms with Crippen LogP contribution in [0.1, 0.15) is 34.8 Å². The maximum absolute atomic E-state index is 12.6. The molecule has 0 radical (unpaired) electrons. The van der Waals surface area contributed by atoms with E-state index in [0.29, 0.717) is 38.4 Å². The highest BCUT2D eigenvalue weighted by Crippen LogP contribution is 2.31. The second-order valence-electron chi connectivity index (χ2n) is 7.60. The van der Waals surface area contributed by atoms with Gasteiger partial charge in [-0.25, -0.2) is 0 Å². The summed E-state index contributed by atoms with van der Waals surface area (Å²) in [4.78, 5) is 32.1. The molecule has 0 aliphatic carbocycles. The Morgan fingerprint density at radius 3 is 2.97 bits per heavy atom. The molecule has 2 amide bonds. The molecule has 3 N–H and O–H groups in total. The summed E-state index contributed by atoms with van der Waals surface area (Å²) in [5.74, 6) is 0.922. The second-order valence-corrected chi connectivity index (χ2v) is 8.60. The van der Waals surface area contributed by atoms with Crippen molar-refractivity contribution in [3.8, 4) is 0 Å². The highest BCUT2D eigenvalue weighted by atomic mass is 127. The molecule has 0 fully saturated rings. The van der Waals surface area contributed by atoms with Crippen molar-refractivity contribution in [2.75, 3.05) is 32.0 Å². The quantitative estimate of drug-likeness (QED) is 0.302. The minimum absolute atomic E-state index is 0. The first-order valence-electron chi connectivity index (χ1n) is 10.3. The minimum Gasteiger partial charge on any atom is -0.356 e. The number of rotatable bonds is 5. The number of guanidine groups is 1. The number of halogens is 1. The third-order valence-electron chi connectivity index (χ3n) is 5.64. The molecule has 166 valence electrons. The summed E-state index contributed by atoms with van der Waals surface area (Å²) >= 11 is 1.78. The zero-order valence-electron chi connectivity index (χ0n) is 17.5. The van der Waals surface area contributed by atoms with Crippen molar-refractivity contribution in [1.29, 1.82) is 0 Å². The molecule has 7 nitrogen and oxygen atoms in total. The zero-order valence-corrected chi connectivity index (χ0v) is 20.7. The van der Waals surface area contributed by atoms with Gasteiger partial charge in [-0.15, -0.1) is 35.3 Å². The highest BCUT2D eigenvalue weighted by molar-refractivity contribution is 14.0. The van der Waals surface area contributed by atoms with E-state index >= 15 is 0 Å². The van der Waals surface area contributed by atoms with Gasteiger partial charge in [0.2, 0.25) is 11.8 Å². The molecule has 1 aromatic carbocycles. The molecule has 1 unspecified atom stereocenters. The van der Waals surface area contributed by atoms with Crippen LogP contribution >= 0.6 is 35.3 Å². The Balaban J connectivity index is 0.00000272. The van der Waals surface area contributed by atoms with Crippen LogP contribution in [-0.4, -0.2) is 49.4 Å². The van der Waals surface area contributed by atoms with Gasteiger partial charge < -0.3 is 20.9 Å². The molecule has 3 heterocycles. The fourth-order valence-corrected chi connectivity index (χ4v) is 4.92. The Bertz CT molecular complexity index is 961. The van der Waals surface area contributed by atoms with Crippen molar-refractivity contribution >= 4 is 58.8 Å². The summed E-state index contributed by atoms with van der Waals surface area (Å²) in [7, 11) is 1.71. The fraction of sp³-hybridized carbons (Fsp3) is 0.409. The van der Waals surface area contributed by atoms with Gasteiger partial charge in [0, 0.05) is 62.6 Å². The third-order valence-corrected chi connectivity index (χ3v) is 6.66. The number of nitrogens with one attached hydrogen (secondary N) is 3. The lowest BCUT2D eigenvalue weighted by atomic mass is 9.90. The Morgan fingerprint density at radius 2 is 2.13 bits per heavy atom. The number of amides is 2. The van der Waals surface area contributed by atoms with Crippen LogP contribution in [0.15, 0.2) is 40.7 Å². The summed E-state index contributed by atoms with van der Waals surface area (Å²) in [5.41, 5.74) is 3.29. The molecule has 31 heavy (non-hydrogen) atoms. The van der Waals surface area contributed by atoms with Gasteiger partial charge in [-0.05, 0) is 35.1 Å². The average molecular weight is 553 g/mol. The van der Waals surface area contributed by atoms with Crippen molar-refractivity contribution in [1.82, 2.24) is 15.5 Å². The number of hydrogen-bond donors (Lipinski definition) is 3. The van der Waals surface area contributed by atoms with Crippen molar-refractivity contribution in [3.05, 3.63) is 51.7 Å². The van der Waals surface area contributed by atoms with Crippen LogP contribution in [0.3, 0.4) is 0 Å². The van der Waals surface area contributed by atoms with Crippen LogP contribution in [0.25, 0.3) is 0 Å². The topological polar surface area (TPSA) is 85.8 Å². The van der Waals surface area contributed by atoms with E-state index in [2.05, 4.69) is 32.4 Å². The van der Waals surface area contributed by atoms with E-state index in [1.807, 2.05) is 29.2 Å². The number of carbonyl (C=O) groups is 2. The maximum Gasteiger partial charge on any atom is 0.225 e. The molecule has 1 atom stereocenters. The molecular formula is C22H28IN5O2S. The van der Waals surface area contributed by atoms with Crippen LogP contribution in [0.5, 0.6) is 0 Å². The number of carbonyl (C=O) groups excluding carboxylic acids is 2. The number of aliphatic imine (C=N–C) groups is 1. The monoisotopic (exact) mass is 553 g/mol. The zero-order chi connectivity index (χ0) is 20.9. The Hall–Kier alpha value is -2.14. The van der Waals surface area contributed by atoms with Crippen molar-refractivity contribution in [3.63, 3.8) is 0 Å². The van der Waals surface area contributed by atoms with E-state index in [9.17, 15) is 9.59 Å². The molecule has 2 aromatic rings. The number of fused-ring (bicyclic) bond motifs is 2. The van der Waals surface area contributed by atoms with Crippen LogP contribution in [0.2, 0.25) is 0 Å². The first kappa shape index (κ1) is 23.5. The number of para-hydroxylation sites is 1. The van der Waals surface area contributed by atoms with Crippen LogP contribution in [-0.2, 0) is 22.6 Å². The summed E-state index contributed by atoms with van der Waals surface area (Å²) in [5, 5.41) is 11.5. The SMILES string of the molecule is CN=C(NCCC(=O)N1CCc2sccc2C1)NCC1CC(=O)Nc2ccccc21.I. The van der Waals surface area contributed by atoms with Crippen molar-refractivity contribution in [2.24, 2.45) is 4.99 Å². The van der Waals surface area contributed by atoms with E-state index in [1.54, 1.807) is 18.4 Å². The van der Waals surface area contributed by atoms with Gasteiger partial charge in [-0.1, -0.05) is 18.2 Å². The number of anilines is 1. The summed E-state index contributed by atoms with van der Waals surface area (Å²) in [6.45, 7) is 2.63. The van der Waals surface area contributed by atoms with Gasteiger partial charge in [0.25, 0.3) is 0 Å². The number of thiophene rings is 1. The van der Waals surface area contributed by atoms with Gasteiger partial charge in [0.1, 0.15) is 0 Å². The smallest absolute Gasteiger partial charge is 0.225 e. The Morgan fingerprint density at radius 1 is 1.29 bits per heavy atom. The van der Waals surface area contributed by atoms with Crippen LogP contribution in [0, 0.1) is 0 Å². The Labute approximate surface area is 203 Å². The van der Waals surface area contributed by atoms with Crippen LogP contribution < -0.4 is 16.0 Å². The van der Waals surface area contributed by atoms with Crippen molar-refractivity contribution < 1.29 is 9.59 Å². The molecule has 4 rings (SSSR count). The van der Waals surface area contributed by atoms with E-state index in [0.717, 1.165) is 24.2 Å². The minimum atomic E-state index is 0. The Kier molecular flexibility index (Phi) is 8.30. The lowest BCUT2D eigenvalue weighted by Crippen LogP contribution is -2.42. The molecule has 2 aliphatic heterocycles. The third kappa shape index (κ3) is 5.76. The van der Waals surface area contributed by atoms with Gasteiger partial charge in [0.05, 0.1) is 0 Å². The summed E-state index contributed by atoms with van der Waals surface area (Å²) < 4.78 is 0. The molecule has 2 aliphatic rings. The highest BCUT2D eigenvalue weighted by Gasteiger charge is 2.25. The van der Waals surface area contributed by atoms with E-state index in [1.165, 1.54) is 10.4 Å². The lowest BCUT2D eigenvalue weighted by Gasteiger charge is -2.27. The van der Waals surface area contributed by atoms with E-state index in [-0.39, 0.29) is 41.7 Å². The molecular weight excluding hydrogens is 525 g/mol. The molecule has 9 heteroatoms. The second kappa shape index (κ2) is 10.9. The number of benzene rings is 1. The number of nitrogens with zero attached hydrogens (tertiary/aromatic N) is 2. The number of hydrogen-bond acceptors (Lipinski definition) is 4. The largest absolute Gasteiger partial charge is 0.356 e. The van der Waals surface area contributed by atoms with Gasteiger partial charge in [-0.2, -0.15) is 0 Å². The van der Waals surface area contributed by atoms with Crippen molar-refractivity contribution in [2.45, 2.75) is 31.7 Å². The first-order chi connectivity index (χ1) is 14.6. The standard InChI is InChI=1S/C22H27N5O2S.HI/c1-23-22(25-13-16-12-20(28)26-18-5-3-2-4-17(16)18)24-9-6-21(29)27-10-7-19-15(14-27)8-11-30-19;/h2-5,8,11,16H,6-7,9-10,12-14H2,1H3,(H,26,28)(H2,23,24,25);1H. The molecule has 0 saturated heterocycles. The molecule has 0 spiro atoms. The van der Waals surface area contributed by atoms with Gasteiger partial charge in [-0.3, -0.25) is 14.6 Å². The summed E-state index contributed by atoms with van der Waals surface area (Å²) in [6, 6.07) is 10.0. The normalized spacial score (nSPS) is 17.7. The molecule has 0 saturated carbocycles. The van der Waals surface area contributed by atoms with E-state index < -0.39 is 0 Å². The summed E-state index contributed by atoms with van der Waals surface area (Å²) in [6.07, 6.45) is 1.82.